The molecule has 25 heavy (non-hydrogen) atoms. The van der Waals surface area contributed by atoms with Crippen molar-refractivity contribution in [3.05, 3.63) is 55.4 Å². The fourth-order valence-corrected chi connectivity index (χ4v) is 5.27. The summed E-state index contributed by atoms with van der Waals surface area (Å²) in [5.41, 5.74) is 0. The zero-order chi connectivity index (χ0) is 18.8. The summed E-state index contributed by atoms with van der Waals surface area (Å²) in [6.07, 6.45) is 0. The van der Waals surface area contributed by atoms with Crippen LogP contribution in [-0.4, -0.2) is 23.6 Å². The molecule has 0 unspecified atom stereocenters. The quantitative estimate of drug-likeness (QED) is 0.383. The largest absolute Gasteiger partial charge is 0.300 e. The maximum Gasteiger partial charge on any atom is 0.300 e. The Hall–Kier alpha value is -0.200. The minimum atomic E-state index is -4.31. The summed E-state index contributed by atoms with van der Waals surface area (Å²) < 4.78 is 58.6. The molecule has 0 fully saturated rings. The second kappa shape index (κ2) is 8.22. The van der Waals surface area contributed by atoms with Crippen LogP contribution in [-0.2, 0) is 28.6 Å². The molecular formula is C13H8Br2Cl2O6S2. The average molecular weight is 555 g/mol. The van der Waals surface area contributed by atoms with E-state index >= 15 is 0 Å². The van der Waals surface area contributed by atoms with Gasteiger partial charge in [-0.3, -0.25) is 0 Å². The first-order chi connectivity index (χ1) is 11.5. The van der Waals surface area contributed by atoms with Crippen molar-refractivity contribution in [3.8, 4) is 0 Å². The van der Waals surface area contributed by atoms with Gasteiger partial charge in [-0.05, 0) is 36.4 Å². The van der Waals surface area contributed by atoms with Gasteiger partial charge >= 0.3 is 20.2 Å². The Morgan fingerprint density at radius 1 is 0.760 bits per heavy atom. The summed E-state index contributed by atoms with van der Waals surface area (Å²) >= 11 is 18.0. The molecule has 136 valence electrons. The van der Waals surface area contributed by atoms with E-state index in [1.807, 2.05) is 0 Å². The number of halogens is 4. The summed E-state index contributed by atoms with van der Waals surface area (Å²) in [6, 6.07) is 8.03. The first kappa shape index (κ1) is 21.1. The molecule has 2 aromatic carbocycles. The summed E-state index contributed by atoms with van der Waals surface area (Å²) in [5, 5.41) is -0.179. The fraction of sp³-hybridized carbons (Fsp3) is 0.0769. The van der Waals surface area contributed by atoms with Crippen LogP contribution in [0.4, 0.5) is 0 Å². The Bertz CT molecular complexity index is 928. The van der Waals surface area contributed by atoms with E-state index in [4.69, 9.17) is 23.2 Å². The molecule has 6 nitrogen and oxygen atoms in total. The number of hydrogen-bond acceptors (Lipinski definition) is 6. The van der Waals surface area contributed by atoms with Crippen molar-refractivity contribution in [2.24, 2.45) is 0 Å². The van der Waals surface area contributed by atoms with E-state index in [2.05, 4.69) is 40.2 Å². The van der Waals surface area contributed by atoms with Gasteiger partial charge in [-0.15, -0.1) is 0 Å². The van der Waals surface area contributed by atoms with Crippen LogP contribution in [0.25, 0.3) is 0 Å². The van der Waals surface area contributed by atoms with Gasteiger partial charge in [0.15, 0.2) is 6.79 Å². The number of hydrogen-bond donors (Lipinski definition) is 0. The fourth-order valence-electron chi connectivity index (χ4n) is 1.63. The third kappa shape index (κ3) is 5.39. The van der Waals surface area contributed by atoms with Crippen LogP contribution in [0.3, 0.4) is 0 Å². The molecule has 0 atom stereocenters. The molecule has 0 aliphatic rings. The van der Waals surface area contributed by atoms with Crippen LogP contribution in [0.2, 0.25) is 10.0 Å². The van der Waals surface area contributed by atoms with Crippen molar-refractivity contribution in [1.29, 1.82) is 0 Å². The third-order valence-corrected chi connectivity index (χ3v) is 7.17. The molecule has 0 aromatic heterocycles. The molecule has 0 aliphatic heterocycles. The van der Waals surface area contributed by atoms with Crippen LogP contribution in [0.15, 0.2) is 55.1 Å². The molecule has 0 bridgehead atoms. The highest BCUT2D eigenvalue weighted by Gasteiger charge is 2.23. The van der Waals surface area contributed by atoms with Crippen molar-refractivity contribution in [2.75, 3.05) is 6.79 Å². The van der Waals surface area contributed by atoms with E-state index < -0.39 is 27.0 Å². The maximum atomic E-state index is 12.1. The normalized spacial score (nSPS) is 12.3. The Morgan fingerprint density at radius 3 is 1.44 bits per heavy atom. The maximum absolute atomic E-state index is 12.1. The van der Waals surface area contributed by atoms with Crippen LogP contribution >= 0.6 is 55.1 Å². The second-order valence-corrected chi connectivity index (χ2v) is 10.2. The highest BCUT2D eigenvalue weighted by molar-refractivity contribution is 9.10. The predicted molar refractivity (Wildman–Crippen MR) is 99.7 cm³/mol. The lowest BCUT2D eigenvalue weighted by Crippen LogP contribution is -2.14. The summed E-state index contributed by atoms with van der Waals surface area (Å²) in [5.74, 6) is 0. The minimum Gasteiger partial charge on any atom is -0.236 e. The second-order valence-electron chi connectivity index (χ2n) is 4.41. The van der Waals surface area contributed by atoms with Crippen LogP contribution in [0, 0.1) is 0 Å². The van der Waals surface area contributed by atoms with Gasteiger partial charge in [0.1, 0.15) is 9.79 Å². The lowest BCUT2D eigenvalue weighted by atomic mass is 10.4. The van der Waals surface area contributed by atoms with E-state index in [0.29, 0.717) is 8.95 Å². The SMILES string of the molecule is O=S(=O)(OCOS(=O)(=O)c1ccc(Br)cc1Cl)c1ccc(Br)cc1Cl. The Kier molecular flexibility index (Phi) is 6.94. The average Bonchev–Trinajstić information content (AvgIpc) is 2.45. The van der Waals surface area contributed by atoms with Gasteiger partial charge in [0.25, 0.3) is 0 Å². The van der Waals surface area contributed by atoms with Gasteiger partial charge in [-0.25, -0.2) is 8.37 Å². The highest BCUT2D eigenvalue weighted by Crippen LogP contribution is 2.28. The smallest absolute Gasteiger partial charge is 0.236 e. The third-order valence-electron chi connectivity index (χ3n) is 2.73. The van der Waals surface area contributed by atoms with Gasteiger partial charge in [0, 0.05) is 8.95 Å². The van der Waals surface area contributed by atoms with Crippen LogP contribution in [0.1, 0.15) is 0 Å². The van der Waals surface area contributed by atoms with Gasteiger partial charge in [0.05, 0.1) is 10.0 Å². The Labute approximate surface area is 171 Å². The van der Waals surface area contributed by atoms with E-state index in [-0.39, 0.29) is 19.8 Å². The molecular weight excluding hydrogens is 547 g/mol. The van der Waals surface area contributed by atoms with Crippen molar-refractivity contribution < 1.29 is 25.2 Å². The van der Waals surface area contributed by atoms with Crippen LogP contribution in [0.5, 0.6) is 0 Å². The lowest BCUT2D eigenvalue weighted by Gasteiger charge is -2.09. The number of benzene rings is 2. The van der Waals surface area contributed by atoms with Gasteiger partial charge < -0.3 is 0 Å². The topological polar surface area (TPSA) is 86.7 Å². The molecule has 2 aromatic rings. The molecule has 2 rings (SSSR count). The minimum absolute atomic E-state index is 0.0896. The van der Waals surface area contributed by atoms with Crippen molar-refractivity contribution in [3.63, 3.8) is 0 Å². The molecule has 0 N–H and O–H groups in total. The standard InChI is InChI=1S/C13H8Br2Cl2O6S2/c14-8-1-3-12(10(16)5-8)24(18,19)22-7-23-25(20,21)13-4-2-9(15)6-11(13)17/h1-6H,7H2. The van der Waals surface area contributed by atoms with Gasteiger partial charge in [-0.1, -0.05) is 55.1 Å². The Morgan fingerprint density at radius 2 is 1.12 bits per heavy atom. The summed E-state index contributed by atoms with van der Waals surface area (Å²) in [7, 11) is -8.62. The number of rotatable bonds is 6. The lowest BCUT2D eigenvalue weighted by molar-refractivity contribution is 0.132. The van der Waals surface area contributed by atoms with E-state index in [0.717, 1.165) is 0 Å². The summed E-state index contributed by atoms with van der Waals surface area (Å²) in [6.45, 7) is -1.07. The highest BCUT2D eigenvalue weighted by atomic mass is 79.9. The van der Waals surface area contributed by atoms with E-state index in [1.54, 1.807) is 0 Å². The van der Waals surface area contributed by atoms with Crippen LogP contribution < -0.4 is 0 Å². The Balaban J connectivity index is 2.13. The van der Waals surface area contributed by atoms with Crippen molar-refractivity contribution >= 4 is 75.3 Å². The first-order valence-electron chi connectivity index (χ1n) is 6.22. The molecule has 12 heteroatoms. The molecule has 0 saturated heterocycles. The van der Waals surface area contributed by atoms with E-state index in [9.17, 15) is 16.8 Å². The van der Waals surface area contributed by atoms with Crippen molar-refractivity contribution in [1.82, 2.24) is 0 Å². The zero-order valence-corrected chi connectivity index (χ0v) is 18.3. The van der Waals surface area contributed by atoms with E-state index in [1.165, 1.54) is 36.4 Å². The predicted octanol–water partition coefficient (Wildman–Crippen LogP) is 4.59. The molecule has 0 spiro atoms. The summed E-state index contributed by atoms with van der Waals surface area (Å²) in [4.78, 5) is -0.639. The molecule has 0 radical (unpaired) electrons. The molecule has 0 aliphatic carbocycles. The van der Waals surface area contributed by atoms with Crippen molar-refractivity contribution in [2.45, 2.75) is 9.79 Å². The molecule has 0 heterocycles. The van der Waals surface area contributed by atoms with Gasteiger partial charge in [-0.2, -0.15) is 16.8 Å². The molecule has 0 amide bonds. The monoisotopic (exact) mass is 552 g/mol. The molecule has 0 saturated carbocycles. The first-order valence-corrected chi connectivity index (χ1v) is 11.4. The zero-order valence-electron chi connectivity index (χ0n) is 11.9. The van der Waals surface area contributed by atoms with Gasteiger partial charge in [0.2, 0.25) is 0 Å².